The minimum absolute atomic E-state index is 0.111. The van der Waals surface area contributed by atoms with Crippen LogP contribution in [-0.2, 0) is 17.3 Å². The Labute approximate surface area is 156 Å². The van der Waals surface area contributed by atoms with Gasteiger partial charge in [0.25, 0.3) is 0 Å². The molecule has 0 aliphatic carbocycles. The molecule has 8 heteroatoms. The Kier molecular flexibility index (Phi) is 5.10. The van der Waals surface area contributed by atoms with Gasteiger partial charge in [-0.05, 0) is 52.2 Å². The summed E-state index contributed by atoms with van der Waals surface area (Å²) in [7, 11) is 0. The number of piperidine rings is 1. The molecule has 148 valence electrons. The first-order chi connectivity index (χ1) is 12.5. The maximum absolute atomic E-state index is 13.2. The second-order valence-corrected chi connectivity index (χ2v) is 7.91. The highest BCUT2D eigenvalue weighted by Crippen LogP contribution is 2.32. The van der Waals surface area contributed by atoms with E-state index >= 15 is 0 Å². The maximum atomic E-state index is 13.2. The van der Waals surface area contributed by atoms with Crippen molar-refractivity contribution in [1.29, 1.82) is 0 Å². The SMILES string of the molecule is CC(C)(C)OC(=O)N1CCCC[C@H]1Cc1cn2cccc(C(F)(F)F)c2n1. The largest absolute Gasteiger partial charge is 0.444 e. The molecule has 0 aromatic carbocycles. The average molecular weight is 383 g/mol. The van der Waals surface area contributed by atoms with Crippen LogP contribution in [0.2, 0.25) is 0 Å². The summed E-state index contributed by atoms with van der Waals surface area (Å²) in [5, 5.41) is 0. The third kappa shape index (κ3) is 4.54. The number of pyridine rings is 1. The number of rotatable bonds is 2. The van der Waals surface area contributed by atoms with Gasteiger partial charge in [-0.25, -0.2) is 9.78 Å². The van der Waals surface area contributed by atoms with Crippen LogP contribution in [0, 0.1) is 0 Å². The number of carbonyl (C=O) groups is 1. The summed E-state index contributed by atoms with van der Waals surface area (Å²) in [5.74, 6) is 0. The highest BCUT2D eigenvalue weighted by atomic mass is 19.4. The summed E-state index contributed by atoms with van der Waals surface area (Å²) in [6.45, 7) is 6.01. The van der Waals surface area contributed by atoms with Gasteiger partial charge in [0.15, 0.2) is 0 Å². The number of fused-ring (bicyclic) bond motifs is 1. The van der Waals surface area contributed by atoms with Crippen molar-refractivity contribution in [2.24, 2.45) is 0 Å². The van der Waals surface area contributed by atoms with E-state index in [4.69, 9.17) is 4.74 Å². The van der Waals surface area contributed by atoms with Gasteiger partial charge in [0, 0.05) is 31.4 Å². The van der Waals surface area contributed by atoms with Crippen molar-refractivity contribution in [2.45, 2.75) is 64.3 Å². The molecule has 1 saturated heterocycles. The minimum atomic E-state index is -4.46. The van der Waals surface area contributed by atoms with Crippen molar-refractivity contribution >= 4 is 11.7 Å². The van der Waals surface area contributed by atoms with Crippen molar-refractivity contribution in [3.8, 4) is 0 Å². The fourth-order valence-electron chi connectivity index (χ4n) is 3.40. The van der Waals surface area contributed by atoms with E-state index in [2.05, 4.69) is 4.98 Å². The molecule has 1 aliphatic rings. The van der Waals surface area contributed by atoms with E-state index in [0.29, 0.717) is 18.7 Å². The van der Waals surface area contributed by atoms with Gasteiger partial charge in [-0.3, -0.25) is 0 Å². The number of likely N-dealkylation sites (tertiary alicyclic amines) is 1. The number of aromatic nitrogens is 2. The first kappa shape index (κ1) is 19.5. The zero-order valence-corrected chi connectivity index (χ0v) is 15.7. The Balaban J connectivity index is 1.83. The number of nitrogens with zero attached hydrogens (tertiary/aromatic N) is 3. The molecule has 0 N–H and O–H groups in total. The predicted octanol–water partition coefficient (Wildman–Crippen LogP) is 4.69. The summed E-state index contributed by atoms with van der Waals surface area (Å²) in [4.78, 5) is 18.4. The third-order valence-electron chi connectivity index (χ3n) is 4.54. The zero-order chi connectivity index (χ0) is 19.8. The normalized spacial score (nSPS) is 18.7. The van der Waals surface area contributed by atoms with Crippen LogP contribution in [0.3, 0.4) is 0 Å². The fraction of sp³-hybridized carbons (Fsp3) is 0.579. The molecule has 0 bridgehead atoms. The number of hydrogen-bond acceptors (Lipinski definition) is 3. The molecular weight excluding hydrogens is 359 g/mol. The highest BCUT2D eigenvalue weighted by molar-refractivity contribution is 5.68. The van der Waals surface area contributed by atoms with Gasteiger partial charge in [0.2, 0.25) is 0 Å². The number of amides is 1. The highest BCUT2D eigenvalue weighted by Gasteiger charge is 2.35. The minimum Gasteiger partial charge on any atom is -0.444 e. The molecule has 3 heterocycles. The molecule has 1 fully saturated rings. The molecule has 5 nitrogen and oxygen atoms in total. The summed E-state index contributed by atoms with van der Waals surface area (Å²) in [6, 6.07) is 2.25. The van der Waals surface area contributed by atoms with Gasteiger partial charge in [0.1, 0.15) is 11.2 Å². The van der Waals surface area contributed by atoms with E-state index in [9.17, 15) is 18.0 Å². The van der Waals surface area contributed by atoms with Crippen molar-refractivity contribution < 1.29 is 22.7 Å². The molecular formula is C19H24F3N3O2. The van der Waals surface area contributed by atoms with Gasteiger partial charge in [-0.2, -0.15) is 13.2 Å². The first-order valence-corrected chi connectivity index (χ1v) is 9.08. The quantitative estimate of drug-likeness (QED) is 0.756. The second-order valence-electron chi connectivity index (χ2n) is 7.91. The van der Waals surface area contributed by atoms with Crippen LogP contribution in [0.25, 0.3) is 5.65 Å². The molecule has 0 unspecified atom stereocenters. The van der Waals surface area contributed by atoms with Gasteiger partial charge in [-0.15, -0.1) is 0 Å². The number of halogens is 3. The fourth-order valence-corrected chi connectivity index (χ4v) is 3.40. The smallest absolute Gasteiger partial charge is 0.419 e. The Morgan fingerprint density at radius 3 is 2.70 bits per heavy atom. The van der Waals surface area contributed by atoms with Gasteiger partial charge in [-0.1, -0.05) is 0 Å². The molecule has 1 amide bonds. The van der Waals surface area contributed by atoms with Crippen LogP contribution in [0.4, 0.5) is 18.0 Å². The zero-order valence-electron chi connectivity index (χ0n) is 15.7. The monoisotopic (exact) mass is 383 g/mol. The first-order valence-electron chi connectivity index (χ1n) is 9.08. The number of imidazole rings is 1. The molecule has 0 saturated carbocycles. The third-order valence-corrected chi connectivity index (χ3v) is 4.54. The molecule has 1 atom stereocenters. The lowest BCUT2D eigenvalue weighted by Crippen LogP contribution is -2.47. The lowest BCUT2D eigenvalue weighted by atomic mass is 9.98. The van der Waals surface area contributed by atoms with Crippen molar-refractivity contribution in [3.63, 3.8) is 0 Å². The molecule has 2 aromatic heterocycles. The van der Waals surface area contributed by atoms with Crippen molar-refractivity contribution in [1.82, 2.24) is 14.3 Å². The number of ether oxygens (including phenoxy) is 1. The molecule has 2 aromatic rings. The van der Waals surface area contributed by atoms with Gasteiger partial charge < -0.3 is 14.0 Å². The second kappa shape index (κ2) is 7.05. The van der Waals surface area contributed by atoms with Crippen LogP contribution in [0.15, 0.2) is 24.5 Å². The number of alkyl halides is 3. The molecule has 27 heavy (non-hydrogen) atoms. The Hall–Kier alpha value is -2.25. The van der Waals surface area contributed by atoms with Crippen LogP contribution in [0.1, 0.15) is 51.3 Å². The van der Waals surface area contributed by atoms with Crippen molar-refractivity contribution in [2.75, 3.05) is 6.54 Å². The summed E-state index contributed by atoms with van der Waals surface area (Å²) in [5.41, 5.74) is -0.931. The average Bonchev–Trinajstić information content (AvgIpc) is 2.94. The maximum Gasteiger partial charge on any atom is 0.419 e. The van der Waals surface area contributed by atoms with Crippen LogP contribution in [0.5, 0.6) is 0 Å². The van der Waals surface area contributed by atoms with Crippen LogP contribution in [-0.4, -0.2) is 38.6 Å². The topological polar surface area (TPSA) is 46.8 Å². The van der Waals surface area contributed by atoms with Gasteiger partial charge >= 0.3 is 12.3 Å². The van der Waals surface area contributed by atoms with E-state index in [1.807, 2.05) is 20.8 Å². The molecule has 0 spiro atoms. The van der Waals surface area contributed by atoms with E-state index in [-0.39, 0.29) is 17.8 Å². The summed E-state index contributed by atoms with van der Waals surface area (Å²) < 4.78 is 46.4. The Morgan fingerprint density at radius 1 is 1.30 bits per heavy atom. The number of carbonyl (C=O) groups excluding carboxylic acids is 1. The van der Waals surface area contributed by atoms with E-state index < -0.39 is 17.3 Å². The predicted molar refractivity (Wildman–Crippen MR) is 94.5 cm³/mol. The van der Waals surface area contributed by atoms with E-state index in [1.165, 1.54) is 10.5 Å². The summed E-state index contributed by atoms with van der Waals surface area (Å²) in [6.07, 6.45) is 1.34. The molecule has 3 rings (SSSR count). The molecule has 1 aliphatic heterocycles. The van der Waals surface area contributed by atoms with Crippen LogP contribution < -0.4 is 0 Å². The lowest BCUT2D eigenvalue weighted by molar-refractivity contribution is -0.136. The summed E-state index contributed by atoms with van der Waals surface area (Å²) >= 11 is 0. The van der Waals surface area contributed by atoms with Gasteiger partial charge in [0.05, 0.1) is 11.3 Å². The van der Waals surface area contributed by atoms with Crippen molar-refractivity contribution in [3.05, 3.63) is 35.8 Å². The van der Waals surface area contributed by atoms with E-state index in [0.717, 1.165) is 25.3 Å². The Morgan fingerprint density at radius 2 is 2.04 bits per heavy atom. The lowest BCUT2D eigenvalue weighted by Gasteiger charge is -2.36. The standard InChI is InChI=1S/C19H24F3N3O2/c1-18(2,3)27-17(26)25-10-5-4-7-14(25)11-13-12-24-9-6-8-15(16(24)23-13)19(20,21)22/h6,8-9,12,14H,4-5,7,10-11H2,1-3H3/t14-/m0/s1. The number of hydrogen-bond donors (Lipinski definition) is 0. The Bertz CT molecular complexity index is 824. The van der Waals surface area contributed by atoms with Crippen LogP contribution >= 0.6 is 0 Å². The van der Waals surface area contributed by atoms with E-state index in [1.54, 1.807) is 17.3 Å². The molecule has 0 radical (unpaired) electrons.